The van der Waals surface area contributed by atoms with Crippen LogP contribution in [0, 0.1) is 0 Å². The summed E-state index contributed by atoms with van der Waals surface area (Å²) in [6.07, 6.45) is 5.61. The van der Waals surface area contributed by atoms with E-state index in [-0.39, 0.29) is 5.91 Å². The number of ether oxygens (including phenoxy) is 2. The predicted molar refractivity (Wildman–Crippen MR) is 111 cm³/mol. The van der Waals surface area contributed by atoms with E-state index in [0.717, 1.165) is 22.3 Å². The van der Waals surface area contributed by atoms with Gasteiger partial charge in [0.2, 0.25) is 0 Å². The molecule has 0 aliphatic heterocycles. The third-order valence-electron chi connectivity index (χ3n) is 4.78. The van der Waals surface area contributed by atoms with E-state index in [9.17, 15) is 4.79 Å². The van der Waals surface area contributed by atoms with Gasteiger partial charge in [0.15, 0.2) is 11.5 Å². The predicted octanol–water partition coefficient (Wildman–Crippen LogP) is 3.95. The van der Waals surface area contributed by atoms with Gasteiger partial charge in [-0.3, -0.25) is 4.79 Å². The summed E-state index contributed by atoms with van der Waals surface area (Å²) in [6, 6.07) is 17.1. The van der Waals surface area contributed by atoms with Crippen molar-refractivity contribution in [3.05, 3.63) is 84.3 Å². The highest BCUT2D eigenvalue weighted by molar-refractivity contribution is 5.96. The second-order valence-corrected chi connectivity index (χ2v) is 6.50. The number of carbonyl (C=O) groups is 1. The van der Waals surface area contributed by atoms with Gasteiger partial charge in [-0.15, -0.1) is 0 Å². The smallest absolute Gasteiger partial charge is 0.251 e. The van der Waals surface area contributed by atoms with Gasteiger partial charge in [0.25, 0.3) is 5.91 Å². The first kappa shape index (κ1) is 18.6. The third kappa shape index (κ3) is 3.65. The maximum Gasteiger partial charge on any atom is 0.251 e. The van der Waals surface area contributed by atoms with E-state index < -0.39 is 0 Å². The monoisotopic (exact) mass is 387 g/mol. The molecule has 4 rings (SSSR count). The summed E-state index contributed by atoms with van der Waals surface area (Å²) in [4.78, 5) is 17.2. The molecule has 0 spiro atoms. The van der Waals surface area contributed by atoms with Crippen molar-refractivity contribution < 1.29 is 14.3 Å². The number of fused-ring (bicyclic) bond motifs is 1. The molecular formula is C23H21N3O3. The van der Waals surface area contributed by atoms with E-state index in [2.05, 4.69) is 10.3 Å². The quantitative estimate of drug-likeness (QED) is 0.544. The number of pyridine rings is 1. The molecule has 6 heteroatoms. The standard InChI is InChI=1S/C23H21N3O3/c1-28-20-10-4-8-18(21(20)29-2)15-25-23(27)17-7-3-6-16(14-17)19-9-5-12-26-13-11-24-22(19)26/h3-14H,15H2,1-2H3,(H,25,27). The lowest BCUT2D eigenvalue weighted by atomic mass is 10.0. The summed E-state index contributed by atoms with van der Waals surface area (Å²) in [5.74, 6) is 1.09. The summed E-state index contributed by atoms with van der Waals surface area (Å²) < 4.78 is 12.7. The molecule has 0 radical (unpaired) electrons. The molecule has 0 atom stereocenters. The lowest BCUT2D eigenvalue weighted by molar-refractivity contribution is 0.0950. The Labute approximate surface area is 168 Å². The van der Waals surface area contributed by atoms with Gasteiger partial charge in [0.1, 0.15) is 5.65 Å². The Morgan fingerprint density at radius 2 is 1.90 bits per heavy atom. The molecule has 2 aromatic heterocycles. The average molecular weight is 387 g/mol. The number of benzene rings is 2. The molecule has 1 amide bonds. The molecule has 1 N–H and O–H groups in total. The number of rotatable bonds is 6. The highest BCUT2D eigenvalue weighted by atomic mass is 16.5. The third-order valence-corrected chi connectivity index (χ3v) is 4.78. The van der Waals surface area contributed by atoms with Gasteiger partial charge in [-0.1, -0.05) is 24.3 Å². The Balaban J connectivity index is 1.56. The fraction of sp³-hybridized carbons (Fsp3) is 0.130. The molecule has 4 aromatic rings. The summed E-state index contributed by atoms with van der Waals surface area (Å²) in [5.41, 5.74) is 4.19. The first-order chi connectivity index (χ1) is 14.2. The van der Waals surface area contributed by atoms with E-state index in [4.69, 9.17) is 9.47 Å². The lowest BCUT2D eigenvalue weighted by Gasteiger charge is -2.13. The molecule has 146 valence electrons. The number of nitrogens with one attached hydrogen (secondary N) is 1. The minimum absolute atomic E-state index is 0.160. The molecule has 0 fully saturated rings. The van der Waals surface area contributed by atoms with Crippen LogP contribution in [0.4, 0.5) is 0 Å². The van der Waals surface area contributed by atoms with Crippen LogP contribution in [0.2, 0.25) is 0 Å². The number of amides is 1. The zero-order valence-corrected chi connectivity index (χ0v) is 16.3. The summed E-state index contributed by atoms with van der Waals surface area (Å²) in [5, 5.41) is 2.96. The van der Waals surface area contributed by atoms with E-state index >= 15 is 0 Å². The van der Waals surface area contributed by atoms with Crippen LogP contribution in [0.3, 0.4) is 0 Å². The highest BCUT2D eigenvalue weighted by Gasteiger charge is 2.13. The summed E-state index contributed by atoms with van der Waals surface area (Å²) in [6.45, 7) is 0.333. The maximum atomic E-state index is 12.8. The zero-order valence-electron chi connectivity index (χ0n) is 16.3. The SMILES string of the molecule is COc1cccc(CNC(=O)c2cccc(-c3cccn4ccnc34)c2)c1OC. The Morgan fingerprint density at radius 1 is 1.03 bits per heavy atom. The maximum absolute atomic E-state index is 12.8. The number of hydrogen-bond donors (Lipinski definition) is 1. The van der Waals surface area contributed by atoms with Crippen LogP contribution in [0.5, 0.6) is 11.5 Å². The van der Waals surface area contributed by atoms with Gasteiger partial charge < -0.3 is 19.2 Å². The summed E-state index contributed by atoms with van der Waals surface area (Å²) in [7, 11) is 3.18. The Morgan fingerprint density at radius 3 is 2.72 bits per heavy atom. The Kier molecular flexibility index (Phi) is 5.16. The molecule has 0 saturated carbocycles. The van der Waals surface area contributed by atoms with Crippen molar-refractivity contribution in [2.75, 3.05) is 14.2 Å². The molecule has 0 aliphatic rings. The lowest BCUT2D eigenvalue weighted by Crippen LogP contribution is -2.23. The van der Waals surface area contributed by atoms with Crippen molar-refractivity contribution in [1.29, 1.82) is 0 Å². The van der Waals surface area contributed by atoms with Crippen molar-refractivity contribution in [2.45, 2.75) is 6.54 Å². The van der Waals surface area contributed by atoms with Gasteiger partial charge >= 0.3 is 0 Å². The molecule has 0 saturated heterocycles. The normalized spacial score (nSPS) is 10.7. The zero-order chi connectivity index (χ0) is 20.2. The Bertz CT molecular complexity index is 1170. The van der Waals surface area contributed by atoms with Crippen LogP contribution in [0.15, 0.2) is 73.2 Å². The van der Waals surface area contributed by atoms with Crippen LogP contribution in [0.1, 0.15) is 15.9 Å². The van der Waals surface area contributed by atoms with Crippen molar-refractivity contribution in [1.82, 2.24) is 14.7 Å². The fourth-order valence-electron chi connectivity index (χ4n) is 3.37. The van der Waals surface area contributed by atoms with E-state index in [0.29, 0.717) is 23.6 Å². The minimum Gasteiger partial charge on any atom is -0.493 e. The molecule has 0 bridgehead atoms. The van der Waals surface area contributed by atoms with Crippen molar-refractivity contribution in [2.24, 2.45) is 0 Å². The topological polar surface area (TPSA) is 64.9 Å². The molecule has 2 aromatic carbocycles. The number of methoxy groups -OCH3 is 2. The van der Waals surface area contributed by atoms with Gasteiger partial charge in [-0.2, -0.15) is 0 Å². The van der Waals surface area contributed by atoms with Crippen LogP contribution in [-0.4, -0.2) is 29.5 Å². The van der Waals surface area contributed by atoms with Crippen molar-refractivity contribution in [3.63, 3.8) is 0 Å². The van der Waals surface area contributed by atoms with Gasteiger partial charge in [0, 0.05) is 41.8 Å². The number of hydrogen-bond acceptors (Lipinski definition) is 4. The first-order valence-electron chi connectivity index (χ1n) is 9.21. The molecule has 0 unspecified atom stereocenters. The number of para-hydroxylation sites is 1. The van der Waals surface area contributed by atoms with Crippen LogP contribution >= 0.6 is 0 Å². The average Bonchev–Trinajstić information content (AvgIpc) is 3.26. The molecule has 2 heterocycles. The van der Waals surface area contributed by atoms with Gasteiger partial charge in [-0.05, 0) is 35.9 Å². The fourth-order valence-corrected chi connectivity index (χ4v) is 3.37. The van der Waals surface area contributed by atoms with Crippen LogP contribution < -0.4 is 14.8 Å². The number of imidazole rings is 1. The van der Waals surface area contributed by atoms with Gasteiger partial charge in [-0.25, -0.2) is 4.98 Å². The van der Waals surface area contributed by atoms with Crippen molar-refractivity contribution in [3.8, 4) is 22.6 Å². The van der Waals surface area contributed by atoms with E-state index in [1.54, 1.807) is 26.5 Å². The number of carbonyl (C=O) groups excluding carboxylic acids is 1. The largest absolute Gasteiger partial charge is 0.493 e. The second kappa shape index (κ2) is 8.06. The van der Waals surface area contributed by atoms with Crippen LogP contribution in [-0.2, 0) is 6.54 Å². The van der Waals surface area contributed by atoms with Gasteiger partial charge in [0.05, 0.1) is 14.2 Å². The molecule has 29 heavy (non-hydrogen) atoms. The minimum atomic E-state index is -0.160. The number of nitrogens with zero attached hydrogens (tertiary/aromatic N) is 2. The highest BCUT2D eigenvalue weighted by Crippen LogP contribution is 2.30. The van der Waals surface area contributed by atoms with Crippen molar-refractivity contribution >= 4 is 11.6 Å². The van der Waals surface area contributed by atoms with E-state index in [1.807, 2.05) is 65.3 Å². The summed E-state index contributed by atoms with van der Waals surface area (Å²) >= 11 is 0. The first-order valence-corrected chi connectivity index (χ1v) is 9.21. The molecule has 0 aliphatic carbocycles. The van der Waals surface area contributed by atoms with E-state index in [1.165, 1.54) is 0 Å². The molecular weight excluding hydrogens is 366 g/mol. The number of aromatic nitrogens is 2. The second-order valence-electron chi connectivity index (χ2n) is 6.50. The van der Waals surface area contributed by atoms with Crippen LogP contribution in [0.25, 0.3) is 16.8 Å². The Hall–Kier alpha value is -3.80. The molecule has 6 nitrogen and oxygen atoms in total.